The summed E-state index contributed by atoms with van der Waals surface area (Å²) in [4.78, 5) is 15.8. The molecule has 1 N–H and O–H groups in total. The summed E-state index contributed by atoms with van der Waals surface area (Å²) in [5.41, 5.74) is 2.83. The van der Waals surface area contributed by atoms with Crippen LogP contribution in [0.3, 0.4) is 0 Å². The Morgan fingerprint density at radius 3 is 2.63 bits per heavy atom. The number of rotatable bonds is 7. The van der Waals surface area contributed by atoms with Gasteiger partial charge in [-0.15, -0.1) is 0 Å². The summed E-state index contributed by atoms with van der Waals surface area (Å²) in [5, 5.41) is 18.5. The van der Waals surface area contributed by atoms with Crippen LogP contribution in [0.4, 0.5) is 17.3 Å². The summed E-state index contributed by atoms with van der Waals surface area (Å²) in [5.74, 6) is 1.90. The molecular weight excluding hydrogens is 500 g/mol. The predicted octanol–water partition coefficient (Wildman–Crippen LogP) is 4.44. The number of pyridine rings is 1. The molecule has 0 amide bonds. The van der Waals surface area contributed by atoms with Gasteiger partial charge in [0.25, 0.3) is 10.0 Å². The summed E-state index contributed by atoms with van der Waals surface area (Å²) >= 11 is 0. The van der Waals surface area contributed by atoms with Crippen LogP contribution in [0.15, 0.2) is 49.1 Å². The first-order chi connectivity index (χ1) is 18.3. The number of anilines is 3. The molecule has 1 saturated heterocycles. The fourth-order valence-corrected chi connectivity index (χ4v) is 6.40. The molecule has 1 saturated carbocycles. The largest absolute Gasteiger partial charge is 0.365 e. The Kier molecular flexibility index (Phi) is 5.79. The number of hydrogen-bond acceptors (Lipinski definition) is 9. The lowest BCUT2D eigenvalue weighted by molar-refractivity contribution is 0.387. The fraction of sp³-hybridized carbons (Fsp3) is 0.370. The maximum atomic E-state index is 12.5. The first-order valence-electron chi connectivity index (χ1n) is 12.7. The van der Waals surface area contributed by atoms with E-state index in [1.165, 1.54) is 18.0 Å². The Labute approximate surface area is 221 Å². The average Bonchev–Trinajstić information content (AvgIpc) is 3.65. The zero-order valence-electron chi connectivity index (χ0n) is 21.4. The first kappa shape index (κ1) is 24.3. The molecule has 2 atom stereocenters. The zero-order valence-corrected chi connectivity index (χ0v) is 22.2. The molecule has 6 rings (SSSR count). The number of benzene rings is 1. The van der Waals surface area contributed by atoms with Gasteiger partial charge in [0.2, 0.25) is 0 Å². The lowest BCUT2D eigenvalue weighted by atomic mass is 9.88. The third-order valence-corrected chi connectivity index (χ3v) is 9.45. The van der Waals surface area contributed by atoms with Crippen molar-refractivity contribution in [3.05, 3.63) is 54.6 Å². The van der Waals surface area contributed by atoms with Crippen LogP contribution in [0.5, 0.6) is 0 Å². The monoisotopic (exact) mass is 528 g/mol. The molecule has 4 heterocycles. The van der Waals surface area contributed by atoms with Crippen LogP contribution in [-0.2, 0) is 10.0 Å². The van der Waals surface area contributed by atoms with E-state index in [1.54, 1.807) is 12.3 Å². The molecule has 38 heavy (non-hydrogen) atoms. The molecule has 0 unspecified atom stereocenters. The van der Waals surface area contributed by atoms with E-state index in [9.17, 15) is 13.7 Å². The number of fused-ring (bicyclic) bond motifs is 1. The van der Waals surface area contributed by atoms with E-state index >= 15 is 0 Å². The van der Waals surface area contributed by atoms with Crippen LogP contribution in [0.1, 0.15) is 45.1 Å². The van der Waals surface area contributed by atoms with Crippen molar-refractivity contribution in [3.63, 3.8) is 0 Å². The van der Waals surface area contributed by atoms with E-state index in [0.717, 1.165) is 27.1 Å². The highest BCUT2D eigenvalue weighted by molar-refractivity contribution is 7.90. The van der Waals surface area contributed by atoms with Crippen molar-refractivity contribution < 1.29 is 8.42 Å². The van der Waals surface area contributed by atoms with Crippen LogP contribution < -0.4 is 10.2 Å². The summed E-state index contributed by atoms with van der Waals surface area (Å²) in [6.45, 7) is 7.14. The van der Waals surface area contributed by atoms with E-state index in [-0.39, 0.29) is 17.2 Å². The number of aromatic nitrogens is 5. The Bertz CT molecular complexity index is 1690. The van der Waals surface area contributed by atoms with Crippen molar-refractivity contribution in [2.45, 2.75) is 50.8 Å². The number of nitrogens with one attached hydrogen (secondary N) is 1. The molecule has 0 radical (unpaired) electrons. The van der Waals surface area contributed by atoms with E-state index < -0.39 is 10.0 Å². The van der Waals surface area contributed by atoms with E-state index in [1.807, 2.05) is 12.3 Å². The molecule has 2 aliphatic rings. The van der Waals surface area contributed by atoms with Crippen LogP contribution in [0, 0.1) is 17.2 Å². The van der Waals surface area contributed by atoms with E-state index in [2.05, 4.69) is 69.2 Å². The Balaban J connectivity index is 1.30. The first-order valence-corrected chi connectivity index (χ1v) is 14.2. The van der Waals surface area contributed by atoms with Crippen LogP contribution in [-0.4, -0.2) is 50.4 Å². The lowest BCUT2D eigenvalue weighted by Crippen LogP contribution is -2.54. The summed E-state index contributed by atoms with van der Waals surface area (Å²) in [6.07, 6.45) is 7.77. The van der Waals surface area contributed by atoms with Gasteiger partial charge in [-0.3, -0.25) is 0 Å². The normalized spacial score (nSPS) is 19.4. The Morgan fingerprint density at radius 2 is 1.92 bits per heavy atom. The van der Waals surface area contributed by atoms with Gasteiger partial charge in [0.05, 0.1) is 35.2 Å². The highest BCUT2D eigenvalue weighted by Gasteiger charge is 2.38. The molecular formula is C27H28N8O2S. The average molecular weight is 529 g/mol. The highest BCUT2D eigenvalue weighted by atomic mass is 32.2. The van der Waals surface area contributed by atoms with E-state index in [4.69, 9.17) is 0 Å². The highest BCUT2D eigenvalue weighted by Crippen LogP contribution is 2.39. The van der Waals surface area contributed by atoms with Gasteiger partial charge < -0.3 is 10.2 Å². The second-order valence-corrected chi connectivity index (χ2v) is 12.4. The maximum absolute atomic E-state index is 12.5. The van der Waals surface area contributed by atoms with E-state index in [0.29, 0.717) is 41.8 Å². The minimum absolute atomic E-state index is 0.0385. The summed E-state index contributed by atoms with van der Waals surface area (Å²) in [6, 6.07) is 10.6. The number of nitriles is 1. The molecule has 3 aromatic heterocycles. The smallest absolute Gasteiger partial charge is 0.256 e. The molecule has 0 bridgehead atoms. The van der Waals surface area contributed by atoms with Crippen molar-refractivity contribution in [2.24, 2.45) is 5.92 Å². The van der Waals surface area contributed by atoms with Crippen molar-refractivity contribution in [3.8, 4) is 17.5 Å². The van der Waals surface area contributed by atoms with Gasteiger partial charge >= 0.3 is 0 Å². The summed E-state index contributed by atoms with van der Waals surface area (Å²) in [7, 11) is -3.45. The van der Waals surface area contributed by atoms with Crippen LogP contribution in [0.2, 0.25) is 0 Å². The molecule has 11 heteroatoms. The summed E-state index contributed by atoms with van der Waals surface area (Å²) < 4.78 is 26.0. The minimum atomic E-state index is -3.45. The number of hydrogen-bond donors (Lipinski definition) is 1. The molecule has 0 spiro atoms. The Morgan fingerprint density at radius 1 is 1.11 bits per heavy atom. The third-order valence-electron chi connectivity index (χ3n) is 7.41. The van der Waals surface area contributed by atoms with Crippen molar-refractivity contribution in [2.75, 3.05) is 16.8 Å². The van der Waals surface area contributed by atoms with Gasteiger partial charge in [0.15, 0.2) is 5.82 Å². The number of nitrogens with zero attached hydrogens (tertiary/aromatic N) is 7. The molecule has 1 aliphatic heterocycles. The molecule has 1 aliphatic carbocycles. The molecule has 10 nitrogen and oxygen atoms in total. The van der Waals surface area contributed by atoms with Gasteiger partial charge in [-0.1, -0.05) is 19.9 Å². The maximum Gasteiger partial charge on any atom is 0.256 e. The minimum Gasteiger partial charge on any atom is -0.365 e. The lowest BCUT2D eigenvalue weighted by Gasteiger charge is -2.45. The van der Waals surface area contributed by atoms with Crippen molar-refractivity contribution in [1.82, 2.24) is 24.1 Å². The SMILES string of the molecule is CC(C)c1ccc(N2C[C@H](C#N)[C@H]2C)c2cnc(Nc3ccnc(-c4cnn(S(=O)(=O)C5CC5)c4)n3)cc12. The second-order valence-electron chi connectivity index (χ2n) is 10.3. The van der Waals surface area contributed by atoms with Gasteiger partial charge in [-0.25, -0.2) is 23.4 Å². The van der Waals surface area contributed by atoms with Gasteiger partial charge in [-0.05, 0) is 54.8 Å². The quantitative estimate of drug-likeness (QED) is 0.370. The molecule has 1 aromatic carbocycles. The predicted molar refractivity (Wildman–Crippen MR) is 146 cm³/mol. The van der Waals surface area contributed by atoms with Crippen molar-refractivity contribution >= 4 is 38.1 Å². The molecule has 2 fully saturated rings. The topological polar surface area (TPSA) is 130 Å². The fourth-order valence-electron chi connectivity index (χ4n) is 4.92. The Hall–Kier alpha value is -4.04. The molecule has 4 aromatic rings. The van der Waals surface area contributed by atoms with Gasteiger partial charge in [0.1, 0.15) is 11.6 Å². The third kappa shape index (κ3) is 4.15. The molecule has 194 valence electrons. The van der Waals surface area contributed by atoms with Crippen molar-refractivity contribution in [1.29, 1.82) is 5.26 Å². The van der Waals surface area contributed by atoms with Gasteiger partial charge in [-0.2, -0.15) is 14.4 Å². The van der Waals surface area contributed by atoms with Crippen LogP contribution in [0.25, 0.3) is 22.2 Å². The zero-order chi connectivity index (χ0) is 26.6. The standard InChI is InChI=1S/C27H28N8O2S/c1-16(2)21-6-7-24(34-14-18(11-28)17(34)3)23-13-30-26(10-22(21)23)32-25-8-9-29-27(33-25)19-12-31-35(15-19)38(36,37)20-4-5-20/h6-10,12-13,15-18,20H,4-5,14H2,1-3H3,(H,29,30,32,33)/t17-,18+/m1/s1. The van der Waals surface area contributed by atoms with Gasteiger partial charge in [0, 0.05) is 36.1 Å². The van der Waals surface area contributed by atoms with Crippen LogP contribution >= 0.6 is 0 Å². The second kappa shape index (κ2) is 9.06.